The molecule has 0 aliphatic carbocycles. The quantitative estimate of drug-likeness (QED) is 0.735. The summed E-state index contributed by atoms with van der Waals surface area (Å²) in [5.41, 5.74) is 4.78. The first-order valence-corrected chi connectivity index (χ1v) is 5.58. The van der Waals surface area contributed by atoms with Gasteiger partial charge in [0.05, 0.1) is 30.3 Å². The Morgan fingerprint density at radius 2 is 2.21 bits per heavy atom. The van der Waals surface area contributed by atoms with Crippen molar-refractivity contribution in [2.24, 2.45) is 0 Å². The van der Waals surface area contributed by atoms with Crippen molar-refractivity contribution in [1.29, 1.82) is 0 Å². The first kappa shape index (κ1) is 15.5. The number of nitrogens with one attached hydrogen (secondary N) is 1. The number of hydrogen-bond acceptors (Lipinski definition) is 5. The van der Waals surface area contributed by atoms with E-state index in [4.69, 9.17) is 10.5 Å². The van der Waals surface area contributed by atoms with Gasteiger partial charge < -0.3 is 20.9 Å². The third kappa shape index (κ3) is 4.92. The molecule has 1 rings (SSSR count). The second-order valence-corrected chi connectivity index (χ2v) is 3.98. The van der Waals surface area contributed by atoms with Crippen LogP contribution >= 0.6 is 0 Å². The average Bonchev–Trinajstić information content (AvgIpc) is 2.30. The second-order valence-electron chi connectivity index (χ2n) is 3.98. The molecule has 0 saturated carbocycles. The number of hydrogen-bond donors (Lipinski definition) is 3. The molecule has 0 radical (unpaired) electrons. The molecule has 108 valence electrons. The van der Waals surface area contributed by atoms with Gasteiger partial charge in [0.2, 0.25) is 0 Å². The molecule has 0 aromatic carbocycles. The van der Waals surface area contributed by atoms with E-state index in [1.54, 1.807) is 0 Å². The molecule has 0 fully saturated rings. The summed E-state index contributed by atoms with van der Waals surface area (Å²) in [6, 6.07) is 0.845. The zero-order valence-corrected chi connectivity index (χ0v) is 10.4. The maximum atomic E-state index is 12.5. The number of nitrogens with zero attached hydrogens (tertiary/aromatic N) is 1. The minimum absolute atomic E-state index is 0.120. The topological polar surface area (TPSA) is 80.4 Å². The van der Waals surface area contributed by atoms with Crippen LogP contribution in [0.2, 0.25) is 0 Å². The van der Waals surface area contributed by atoms with Crippen LogP contribution in [-0.2, 0) is 10.9 Å². The molecule has 0 saturated heterocycles. The molecule has 4 N–H and O–H groups in total. The Kier molecular flexibility index (Phi) is 5.37. The lowest BCUT2D eigenvalue weighted by atomic mass is 10.2. The second kappa shape index (κ2) is 6.58. The van der Waals surface area contributed by atoms with Gasteiger partial charge in [0.15, 0.2) is 0 Å². The maximum Gasteiger partial charge on any atom is 0.433 e. The standard InChI is InChI=1S/C11H16F3N3O2/c1-19-6-7(18)2-3-16-9-4-10(11(12,13)14)17-5-8(9)15/h4-5,7,18H,2-3,6,15H2,1H3,(H,16,17). The summed E-state index contributed by atoms with van der Waals surface area (Å²) in [6.07, 6.45) is -3.91. The van der Waals surface area contributed by atoms with E-state index in [9.17, 15) is 18.3 Å². The number of aromatic nitrogens is 1. The van der Waals surface area contributed by atoms with Gasteiger partial charge in [-0.3, -0.25) is 0 Å². The fraction of sp³-hybridized carbons (Fsp3) is 0.545. The fourth-order valence-corrected chi connectivity index (χ4v) is 1.42. The van der Waals surface area contributed by atoms with E-state index < -0.39 is 18.0 Å². The molecule has 1 atom stereocenters. The van der Waals surface area contributed by atoms with Gasteiger partial charge in [-0.15, -0.1) is 0 Å². The van der Waals surface area contributed by atoms with Crippen molar-refractivity contribution in [1.82, 2.24) is 4.98 Å². The van der Waals surface area contributed by atoms with Crippen molar-refractivity contribution in [3.05, 3.63) is 18.0 Å². The number of ether oxygens (including phenoxy) is 1. The van der Waals surface area contributed by atoms with Gasteiger partial charge in [0.1, 0.15) is 5.69 Å². The molecule has 8 heteroatoms. The van der Waals surface area contributed by atoms with E-state index in [0.29, 0.717) is 6.42 Å². The summed E-state index contributed by atoms with van der Waals surface area (Å²) >= 11 is 0. The summed E-state index contributed by atoms with van der Waals surface area (Å²) < 4.78 is 42.1. The van der Waals surface area contributed by atoms with E-state index in [1.165, 1.54) is 7.11 Å². The third-order valence-corrected chi connectivity index (χ3v) is 2.38. The molecule has 0 aliphatic heterocycles. The normalized spacial score (nSPS) is 13.3. The molecule has 19 heavy (non-hydrogen) atoms. The first-order valence-electron chi connectivity index (χ1n) is 5.58. The summed E-state index contributed by atoms with van der Waals surface area (Å²) in [6.45, 7) is 0.442. The van der Waals surface area contributed by atoms with Crippen LogP contribution in [0.1, 0.15) is 12.1 Å². The minimum Gasteiger partial charge on any atom is -0.396 e. The van der Waals surface area contributed by atoms with Crippen LogP contribution in [-0.4, -0.2) is 36.5 Å². The minimum atomic E-state index is -4.51. The lowest BCUT2D eigenvalue weighted by molar-refractivity contribution is -0.141. The number of halogens is 3. The number of rotatable bonds is 6. The van der Waals surface area contributed by atoms with Crippen LogP contribution in [0.3, 0.4) is 0 Å². The Bertz CT molecular complexity index is 413. The molecule has 0 amide bonds. The molecule has 0 bridgehead atoms. The van der Waals surface area contributed by atoms with Gasteiger partial charge in [-0.05, 0) is 12.5 Å². The lowest BCUT2D eigenvalue weighted by Gasteiger charge is -2.14. The highest BCUT2D eigenvalue weighted by Gasteiger charge is 2.32. The SMILES string of the molecule is COCC(O)CCNc1cc(C(F)(F)F)ncc1N. The van der Waals surface area contributed by atoms with Crippen molar-refractivity contribution in [2.45, 2.75) is 18.7 Å². The zero-order chi connectivity index (χ0) is 14.5. The largest absolute Gasteiger partial charge is 0.433 e. The molecule has 1 unspecified atom stereocenters. The molecule has 1 aromatic rings. The van der Waals surface area contributed by atoms with E-state index in [-0.39, 0.29) is 24.5 Å². The van der Waals surface area contributed by atoms with E-state index in [0.717, 1.165) is 12.3 Å². The summed E-state index contributed by atoms with van der Waals surface area (Å²) in [5, 5.41) is 12.1. The van der Waals surface area contributed by atoms with E-state index in [2.05, 4.69) is 10.3 Å². The third-order valence-electron chi connectivity index (χ3n) is 2.38. The number of alkyl halides is 3. The van der Waals surface area contributed by atoms with Gasteiger partial charge in [0.25, 0.3) is 0 Å². The highest BCUT2D eigenvalue weighted by Crippen LogP contribution is 2.30. The van der Waals surface area contributed by atoms with Crippen LogP contribution < -0.4 is 11.1 Å². The van der Waals surface area contributed by atoms with Gasteiger partial charge in [0, 0.05) is 13.7 Å². The molecule has 0 aliphatic rings. The van der Waals surface area contributed by atoms with Crippen LogP contribution in [0.4, 0.5) is 24.5 Å². The van der Waals surface area contributed by atoms with Crippen LogP contribution in [0.15, 0.2) is 12.3 Å². The molecule has 1 aromatic heterocycles. The average molecular weight is 279 g/mol. The summed E-state index contributed by atoms with van der Waals surface area (Å²) in [4.78, 5) is 3.22. The highest BCUT2D eigenvalue weighted by molar-refractivity contribution is 5.65. The zero-order valence-electron chi connectivity index (χ0n) is 10.4. The van der Waals surface area contributed by atoms with Crippen LogP contribution in [0.5, 0.6) is 0 Å². The number of aliphatic hydroxyl groups is 1. The van der Waals surface area contributed by atoms with Gasteiger partial charge in [-0.25, -0.2) is 4.98 Å². The highest BCUT2D eigenvalue weighted by atomic mass is 19.4. The summed E-state index contributed by atoms with van der Waals surface area (Å²) in [5.74, 6) is 0. The number of methoxy groups -OCH3 is 1. The number of pyridine rings is 1. The van der Waals surface area contributed by atoms with E-state index >= 15 is 0 Å². The molecule has 1 heterocycles. The predicted molar refractivity (Wildman–Crippen MR) is 64.6 cm³/mol. The van der Waals surface area contributed by atoms with Crippen LogP contribution in [0, 0.1) is 0 Å². The van der Waals surface area contributed by atoms with Crippen molar-refractivity contribution >= 4 is 11.4 Å². The number of aliphatic hydroxyl groups excluding tert-OH is 1. The number of nitrogen functional groups attached to an aromatic ring is 1. The first-order chi connectivity index (χ1) is 8.84. The Balaban J connectivity index is 2.63. The van der Waals surface area contributed by atoms with Gasteiger partial charge in [-0.1, -0.05) is 0 Å². The smallest absolute Gasteiger partial charge is 0.396 e. The molecular formula is C11H16F3N3O2. The van der Waals surface area contributed by atoms with Crippen molar-refractivity contribution in [3.63, 3.8) is 0 Å². The molecule has 5 nitrogen and oxygen atoms in total. The summed E-state index contributed by atoms with van der Waals surface area (Å²) in [7, 11) is 1.45. The maximum absolute atomic E-state index is 12.5. The van der Waals surface area contributed by atoms with E-state index in [1.807, 2.05) is 0 Å². The van der Waals surface area contributed by atoms with Gasteiger partial charge in [-0.2, -0.15) is 13.2 Å². The number of nitrogens with two attached hydrogens (primary N) is 1. The van der Waals surface area contributed by atoms with Crippen molar-refractivity contribution in [3.8, 4) is 0 Å². The fourth-order valence-electron chi connectivity index (χ4n) is 1.42. The van der Waals surface area contributed by atoms with Crippen molar-refractivity contribution < 1.29 is 23.0 Å². The molecular weight excluding hydrogens is 263 g/mol. The Morgan fingerprint density at radius 3 is 2.79 bits per heavy atom. The monoisotopic (exact) mass is 279 g/mol. The Morgan fingerprint density at radius 1 is 1.53 bits per heavy atom. The lowest BCUT2D eigenvalue weighted by Crippen LogP contribution is -2.19. The number of anilines is 2. The van der Waals surface area contributed by atoms with Crippen molar-refractivity contribution in [2.75, 3.05) is 31.3 Å². The van der Waals surface area contributed by atoms with Crippen LogP contribution in [0.25, 0.3) is 0 Å². The predicted octanol–water partition coefficient (Wildman–Crippen LogP) is 1.49. The molecule has 0 spiro atoms. The Hall–Kier alpha value is -1.54. The Labute approximate surface area is 108 Å². The van der Waals surface area contributed by atoms with Gasteiger partial charge >= 0.3 is 6.18 Å².